The summed E-state index contributed by atoms with van der Waals surface area (Å²) < 4.78 is 5.09. The van der Waals surface area contributed by atoms with Crippen molar-refractivity contribution in [3.63, 3.8) is 0 Å². The molecule has 0 radical (unpaired) electrons. The summed E-state index contributed by atoms with van der Waals surface area (Å²) in [5, 5.41) is 18.8. The number of benzene rings is 1. The van der Waals surface area contributed by atoms with Crippen LogP contribution in [-0.4, -0.2) is 28.4 Å². The van der Waals surface area contributed by atoms with Crippen LogP contribution in [0.3, 0.4) is 0 Å². The summed E-state index contributed by atoms with van der Waals surface area (Å²) in [7, 11) is 0. The average Bonchev–Trinajstić information content (AvgIpc) is 2.13. The van der Waals surface area contributed by atoms with Gasteiger partial charge in [-0.3, -0.25) is 0 Å². The van der Waals surface area contributed by atoms with E-state index in [4.69, 9.17) is 33.0 Å². The van der Waals surface area contributed by atoms with Gasteiger partial charge in [0.15, 0.2) is 5.60 Å². The number of carbonyl (C=O) groups is 1. The highest BCUT2D eigenvalue weighted by atomic mass is 35.5. The summed E-state index contributed by atoms with van der Waals surface area (Å²) in [6.07, 6.45) is 0. The van der Waals surface area contributed by atoms with E-state index in [1.165, 1.54) is 18.2 Å². The minimum atomic E-state index is -1.95. The van der Waals surface area contributed by atoms with E-state index >= 15 is 0 Å². The molecule has 1 aromatic carbocycles. The second-order valence-electron chi connectivity index (χ2n) is 3.47. The van der Waals surface area contributed by atoms with Crippen molar-refractivity contribution < 1.29 is 19.7 Å². The number of rotatable bonds is 4. The number of hydrogen-bond acceptors (Lipinski definition) is 3. The molecule has 1 rings (SSSR count). The van der Waals surface area contributed by atoms with Crippen LogP contribution in [0.4, 0.5) is 0 Å². The van der Waals surface area contributed by atoms with E-state index in [9.17, 15) is 9.90 Å². The van der Waals surface area contributed by atoms with Gasteiger partial charge in [0.2, 0.25) is 0 Å². The summed E-state index contributed by atoms with van der Waals surface area (Å²) in [5.41, 5.74) is -1.95. The van der Waals surface area contributed by atoms with Gasteiger partial charge >= 0.3 is 5.97 Å². The molecule has 4 nitrogen and oxygen atoms in total. The van der Waals surface area contributed by atoms with Gasteiger partial charge < -0.3 is 14.9 Å². The third-order valence-corrected chi connectivity index (χ3v) is 2.25. The second kappa shape index (κ2) is 4.91. The predicted octanol–water partition coefficient (Wildman–Crippen LogP) is 2.21. The summed E-state index contributed by atoms with van der Waals surface area (Å²) in [6.45, 7) is 0.750. The van der Waals surface area contributed by atoms with Crippen molar-refractivity contribution in [3.8, 4) is 5.75 Å². The molecule has 0 amide bonds. The van der Waals surface area contributed by atoms with Gasteiger partial charge in [-0.05, 0) is 25.1 Å². The Hall–Kier alpha value is -0.970. The summed E-state index contributed by atoms with van der Waals surface area (Å²) >= 11 is 11.4. The maximum atomic E-state index is 10.6. The highest BCUT2D eigenvalue weighted by Crippen LogP contribution is 2.24. The normalized spacial score (nSPS) is 14.2. The number of ether oxygens (including phenoxy) is 1. The van der Waals surface area contributed by atoms with Gasteiger partial charge in [-0.2, -0.15) is 0 Å². The maximum absolute atomic E-state index is 10.6. The molecular weight excluding hydrogens is 255 g/mol. The molecule has 0 saturated heterocycles. The first-order chi connectivity index (χ1) is 7.31. The number of halogens is 2. The van der Waals surface area contributed by atoms with E-state index in [2.05, 4.69) is 0 Å². The van der Waals surface area contributed by atoms with E-state index in [1.54, 1.807) is 0 Å². The third-order valence-electron chi connectivity index (χ3n) is 1.82. The third kappa shape index (κ3) is 3.56. The van der Waals surface area contributed by atoms with E-state index < -0.39 is 11.6 Å². The molecule has 1 atom stereocenters. The lowest BCUT2D eigenvalue weighted by Gasteiger charge is -2.18. The average molecular weight is 265 g/mol. The fourth-order valence-electron chi connectivity index (χ4n) is 0.897. The Balaban J connectivity index is 2.71. The van der Waals surface area contributed by atoms with Gasteiger partial charge in [-0.1, -0.05) is 23.2 Å². The molecule has 0 heterocycles. The van der Waals surface area contributed by atoms with Crippen molar-refractivity contribution in [2.45, 2.75) is 12.5 Å². The molecule has 0 bridgehead atoms. The fraction of sp³-hybridized carbons (Fsp3) is 0.300. The largest absolute Gasteiger partial charge is 0.490 e. The Labute approximate surface area is 102 Å². The van der Waals surface area contributed by atoms with Crippen LogP contribution < -0.4 is 4.74 Å². The number of hydrogen-bond donors (Lipinski definition) is 2. The van der Waals surface area contributed by atoms with Gasteiger partial charge in [0.1, 0.15) is 12.4 Å². The van der Waals surface area contributed by atoms with Gasteiger partial charge in [0, 0.05) is 10.0 Å². The fourth-order valence-corrected chi connectivity index (χ4v) is 1.40. The molecule has 6 heteroatoms. The first-order valence-corrected chi connectivity index (χ1v) is 5.11. The molecule has 0 saturated carbocycles. The smallest absolute Gasteiger partial charge is 0.339 e. The Morgan fingerprint density at radius 3 is 2.31 bits per heavy atom. The maximum Gasteiger partial charge on any atom is 0.339 e. The molecule has 0 aliphatic carbocycles. The van der Waals surface area contributed by atoms with Crippen molar-refractivity contribution in [1.82, 2.24) is 0 Å². The standard InChI is InChI=1S/C10H10Cl2O4/c1-10(15,9(13)14)5-16-8-3-6(11)2-7(12)4-8/h2-4,15H,5H2,1H3,(H,13,14). The Kier molecular flexibility index (Phi) is 4.02. The zero-order chi connectivity index (χ0) is 12.3. The van der Waals surface area contributed by atoms with Crippen molar-refractivity contribution in [3.05, 3.63) is 28.2 Å². The monoisotopic (exact) mass is 264 g/mol. The van der Waals surface area contributed by atoms with Crippen LogP contribution in [0.15, 0.2) is 18.2 Å². The second-order valence-corrected chi connectivity index (χ2v) is 4.35. The lowest BCUT2D eigenvalue weighted by molar-refractivity contribution is -0.159. The Morgan fingerprint density at radius 1 is 1.38 bits per heavy atom. The van der Waals surface area contributed by atoms with Crippen LogP contribution >= 0.6 is 23.2 Å². The van der Waals surface area contributed by atoms with Crippen LogP contribution in [0.1, 0.15) is 6.92 Å². The van der Waals surface area contributed by atoms with E-state index in [1.807, 2.05) is 0 Å². The molecule has 0 spiro atoms. The minimum Gasteiger partial charge on any atom is -0.490 e. The number of aliphatic hydroxyl groups is 1. The molecule has 1 aromatic rings. The van der Waals surface area contributed by atoms with Gasteiger partial charge in [-0.15, -0.1) is 0 Å². The SMILES string of the molecule is CC(O)(COc1cc(Cl)cc(Cl)c1)C(=O)O. The van der Waals surface area contributed by atoms with Gasteiger partial charge in [-0.25, -0.2) is 4.79 Å². The summed E-state index contributed by atoms with van der Waals surface area (Å²) in [4.78, 5) is 10.6. The van der Waals surface area contributed by atoms with Crippen molar-refractivity contribution in [1.29, 1.82) is 0 Å². The first-order valence-electron chi connectivity index (χ1n) is 4.36. The predicted molar refractivity (Wildman–Crippen MR) is 60.2 cm³/mol. The number of carboxylic acid groups (broad SMARTS) is 1. The van der Waals surface area contributed by atoms with Crippen molar-refractivity contribution in [2.75, 3.05) is 6.61 Å². The van der Waals surface area contributed by atoms with Crippen LogP contribution in [0.25, 0.3) is 0 Å². The lowest BCUT2D eigenvalue weighted by atomic mass is 10.1. The molecule has 0 aliphatic rings. The highest BCUT2D eigenvalue weighted by Gasteiger charge is 2.30. The van der Waals surface area contributed by atoms with Crippen molar-refractivity contribution >= 4 is 29.2 Å². The number of aliphatic carboxylic acids is 1. The topological polar surface area (TPSA) is 66.8 Å². The zero-order valence-electron chi connectivity index (χ0n) is 8.41. The van der Waals surface area contributed by atoms with Crippen LogP contribution in [0, 0.1) is 0 Å². The van der Waals surface area contributed by atoms with E-state index in [-0.39, 0.29) is 6.61 Å². The molecule has 0 aromatic heterocycles. The van der Waals surface area contributed by atoms with Gasteiger partial charge in [0.05, 0.1) is 0 Å². The Bertz CT molecular complexity index is 384. The first kappa shape index (κ1) is 13.1. The molecule has 16 heavy (non-hydrogen) atoms. The van der Waals surface area contributed by atoms with E-state index in [0.29, 0.717) is 15.8 Å². The molecular formula is C10H10Cl2O4. The summed E-state index contributed by atoms with van der Waals surface area (Å²) in [5.74, 6) is -1.06. The lowest BCUT2D eigenvalue weighted by Crippen LogP contribution is -2.41. The van der Waals surface area contributed by atoms with Crippen LogP contribution in [0.5, 0.6) is 5.75 Å². The highest BCUT2D eigenvalue weighted by molar-refractivity contribution is 6.34. The molecule has 88 valence electrons. The van der Waals surface area contributed by atoms with Crippen LogP contribution in [-0.2, 0) is 4.79 Å². The minimum absolute atomic E-state index is 0.305. The molecule has 0 aliphatic heterocycles. The van der Waals surface area contributed by atoms with E-state index in [0.717, 1.165) is 6.92 Å². The molecule has 1 unspecified atom stereocenters. The van der Waals surface area contributed by atoms with Gasteiger partial charge in [0.25, 0.3) is 0 Å². The summed E-state index contributed by atoms with van der Waals surface area (Å²) in [6, 6.07) is 4.47. The molecule has 2 N–H and O–H groups in total. The quantitative estimate of drug-likeness (QED) is 0.875. The van der Waals surface area contributed by atoms with Crippen LogP contribution in [0.2, 0.25) is 10.0 Å². The molecule has 0 fully saturated rings. The van der Waals surface area contributed by atoms with Crippen molar-refractivity contribution in [2.24, 2.45) is 0 Å². The number of carboxylic acids is 1. The zero-order valence-corrected chi connectivity index (χ0v) is 9.92. The Morgan fingerprint density at radius 2 is 1.88 bits per heavy atom.